The molecule has 0 radical (unpaired) electrons. The van der Waals surface area contributed by atoms with E-state index in [2.05, 4.69) is 5.32 Å². The third-order valence-electron chi connectivity index (χ3n) is 2.26. The Labute approximate surface area is 83.1 Å². The molecule has 1 heterocycles. The number of anilines is 1. The van der Waals surface area contributed by atoms with Gasteiger partial charge < -0.3 is 10.1 Å². The summed E-state index contributed by atoms with van der Waals surface area (Å²) in [4.78, 5) is 11.6. The average molecular weight is 191 g/mol. The van der Waals surface area contributed by atoms with E-state index in [0.717, 1.165) is 18.5 Å². The normalized spacial score (nSPS) is 20.7. The molecule has 0 unspecified atom stereocenters. The van der Waals surface area contributed by atoms with Gasteiger partial charge in [0.1, 0.15) is 6.10 Å². The third-order valence-corrected chi connectivity index (χ3v) is 2.26. The maximum absolute atomic E-state index is 11.6. The predicted molar refractivity (Wildman–Crippen MR) is 54.0 cm³/mol. The number of para-hydroxylation sites is 1. The van der Waals surface area contributed by atoms with Crippen LogP contribution in [0.25, 0.3) is 0 Å². The van der Waals surface area contributed by atoms with E-state index in [0.29, 0.717) is 6.61 Å². The molecule has 1 amide bonds. The van der Waals surface area contributed by atoms with Crippen LogP contribution in [0.15, 0.2) is 30.3 Å². The van der Waals surface area contributed by atoms with Gasteiger partial charge in [0.05, 0.1) is 0 Å². The van der Waals surface area contributed by atoms with Crippen molar-refractivity contribution in [2.24, 2.45) is 0 Å². The van der Waals surface area contributed by atoms with Gasteiger partial charge in [-0.2, -0.15) is 0 Å². The molecule has 1 aliphatic heterocycles. The molecular weight excluding hydrogens is 178 g/mol. The van der Waals surface area contributed by atoms with Crippen molar-refractivity contribution in [1.82, 2.24) is 0 Å². The molecule has 74 valence electrons. The van der Waals surface area contributed by atoms with E-state index in [4.69, 9.17) is 4.74 Å². The molecule has 1 saturated heterocycles. The van der Waals surface area contributed by atoms with E-state index < -0.39 is 0 Å². The van der Waals surface area contributed by atoms with E-state index in [1.54, 1.807) is 0 Å². The number of nitrogens with one attached hydrogen (secondary N) is 1. The molecule has 0 saturated carbocycles. The maximum atomic E-state index is 11.6. The first kappa shape index (κ1) is 9.21. The standard InChI is InChI=1S/C11H13NO2/c13-11(10-7-4-8-14-10)12-9-5-2-1-3-6-9/h1-3,5-6,10H,4,7-8H2,(H,12,13)/t10-/m1/s1. The summed E-state index contributed by atoms with van der Waals surface area (Å²) < 4.78 is 5.27. The van der Waals surface area contributed by atoms with Gasteiger partial charge in [0.2, 0.25) is 0 Å². The van der Waals surface area contributed by atoms with Gasteiger partial charge in [-0.25, -0.2) is 0 Å². The molecule has 0 spiro atoms. The van der Waals surface area contributed by atoms with Crippen LogP contribution in [0.3, 0.4) is 0 Å². The Bertz CT molecular complexity index is 304. The summed E-state index contributed by atoms with van der Waals surface area (Å²) in [6.45, 7) is 0.701. The van der Waals surface area contributed by atoms with Gasteiger partial charge >= 0.3 is 0 Å². The second kappa shape index (κ2) is 4.24. The second-order valence-electron chi connectivity index (χ2n) is 3.36. The fraction of sp³-hybridized carbons (Fsp3) is 0.364. The van der Waals surface area contributed by atoms with Crippen LogP contribution in [0.2, 0.25) is 0 Å². The van der Waals surface area contributed by atoms with Crippen molar-refractivity contribution in [1.29, 1.82) is 0 Å². The number of carbonyl (C=O) groups excluding carboxylic acids is 1. The molecule has 0 aliphatic carbocycles. The molecule has 1 atom stereocenters. The maximum Gasteiger partial charge on any atom is 0.253 e. The Morgan fingerprint density at radius 1 is 1.36 bits per heavy atom. The Kier molecular flexibility index (Phi) is 2.79. The Balaban J connectivity index is 1.94. The van der Waals surface area contributed by atoms with Gasteiger partial charge in [0, 0.05) is 12.3 Å². The lowest BCUT2D eigenvalue weighted by molar-refractivity contribution is -0.124. The summed E-state index contributed by atoms with van der Waals surface area (Å²) in [5.74, 6) is -0.0336. The highest BCUT2D eigenvalue weighted by molar-refractivity contribution is 5.94. The van der Waals surface area contributed by atoms with Crippen molar-refractivity contribution < 1.29 is 9.53 Å². The van der Waals surface area contributed by atoms with Gasteiger partial charge in [0.25, 0.3) is 5.91 Å². The summed E-state index contributed by atoms with van der Waals surface area (Å²) in [6.07, 6.45) is 1.56. The van der Waals surface area contributed by atoms with Crippen molar-refractivity contribution in [2.75, 3.05) is 11.9 Å². The predicted octanol–water partition coefficient (Wildman–Crippen LogP) is 1.80. The fourth-order valence-corrected chi connectivity index (χ4v) is 1.53. The first-order chi connectivity index (χ1) is 6.86. The van der Waals surface area contributed by atoms with Crippen LogP contribution in [-0.4, -0.2) is 18.6 Å². The molecule has 3 heteroatoms. The monoisotopic (exact) mass is 191 g/mol. The Morgan fingerprint density at radius 3 is 2.79 bits per heavy atom. The lowest BCUT2D eigenvalue weighted by atomic mass is 10.2. The number of benzene rings is 1. The molecule has 1 aromatic rings. The zero-order valence-electron chi connectivity index (χ0n) is 7.90. The van der Waals surface area contributed by atoms with E-state index in [1.165, 1.54) is 0 Å². The first-order valence-electron chi connectivity index (χ1n) is 4.84. The van der Waals surface area contributed by atoms with Crippen LogP contribution in [0.4, 0.5) is 5.69 Å². The minimum atomic E-state index is -0.254. The molecule has 1 N–H and O–H groups in total. The van der Waals surface area contributed by atoms with Crippen molar-refractivity contribution in [3.8, 4) is 0 Å². The van der Waals surface area contributed by atoms with Gasteiger partial charge in [0.15, 0.2) is 0 Å². The third kappa shape index (κ3) is 2.12. The number of ether oxygens (including phenoxy) is 1. The van der Waals surface area contributed by atoms with Crippen LogP contribution >= 0.6 is 0 Å². The van der Waals surface area contributed by atoms with Gasteiger partial charge in [-0.3, -0.25) is 4.79 Å². The van der Waals surface area contributed by atoms with E-state index in [-0.39, 0.29) is 12.0 Å². The van der Waals surface area contributed by atoms with Crippen molar-refractivity contribution in [3.05, 3.63) is 30.3 Å². The lowest BCUT2D eigenvalue weighted by Crippen LogP contribution is -2.26. The number of rotatable bonds is 2. The van der Waals surface area contributed by atoms with Gasteiger partial charge in [-0.15, -0.1) is 0 Å². The SMILES string of the molecule is O=C(Nc1ccccc1)[C@H]1CCCO1. The Hall–Kier alpha value is -1.35. The molecule has 0 aromatic heterocycles. The molecule has 3 nitrogen and oxygen atoms in total. The minimum absolute atomic E-state index is 0.0336. The second-order valence-corrected chi connectivity index (χ2v) is 3.36. The number of amides is 1. The molecule has 0 bridgehead atoms. The Morgan fingerprint density at radius 2 is 2.14 bits per heavy atom. The fourth-order valence-electron chi connectivity index (χ4n) is 1.53. The van der Waals surface area contributed by atoms with Crippen molar-refractivity contribution in [3.63, 3.8) is 0 Å². The summed E-state index contributed by atoms with van der Waals surface area (Å²) >= 11 is 0. The van der Waals surface area contributed by atoms with Crippen LogP contribution in [0.5, 0.6) is 0 Å². The summed E-state index contributed by atoms with van der Waals surface area (Å²) in [5, 5.41) is 2.82. The topological polar surface area (TPSA) is 38.3 Å². The highest BCUT2D eigenvalue weighted by Gasteiger charge is 2.23. The lowest BCUT2D eigenvalue weighted by Gasteiger charge is -2.09. The van der Waals surface area contributed by atoms with Crippen molar-refractivity contribution in [2.45, 2.75) is 18.9 Å². The summed E-state index contributed by atoms with van der Waals surface area (Å²) in [6, 6.07) is 9.44. The first-order valence-corrected chi connectivity index (χ1v) is 4.84. The zero-order valence-corrected chi connectivity index (χ0v) is 7.90. The highest BCUT2D eigenvalue weighted by atomic mass is 16.5. The smallest absolute Gasteiger partial charge is 0.253 e. The number of hydrogen-bond donors (Lipinski definition) is 1. The number of carbonyl (C=O) groups is 1. The highest BCUT2D eigenvalue weighted by Crippen LogP contribution is 2.14. The minimum Gasteiger partial charge on any atom is -0.368 e. The molecule has 1 aromatic carbocycles. The van der Waals surface area contributed by atoms with E-state index in [1.807, 2.05) is 30.3 Å². The van der Waals surface area contributed by atoms with Crippen LogP contribution in [0, 0.1) is 0 Å². The summed E-state index contributed by atoms with van der Waals surface area (Å²) in [5.41, 5.74) is 0.827. The van der Waals surface area contributed by atoms with Gasteiger partial charge in [-0.05, 0) is 25.0 Å². The number of hydrogen-bond acceptors (Lipinski definition) is 2. The molecule has 2 rings (SSSR count). The molecule has 14 heavy (non-hydrogen) atoms. The quantitative estimate of drug-likeness (QED) is 0.774. The van der Waals surface area contributed by atoms with E-state index >= 15 is 0 Å². The average Bonchev–Trinajstić information content (AvgIpc) is 2.72. The summed E-state index contributed by atoms with van der Waals surface area (Å²) in [7, 11) is 0. The molecular formula is C11H13NO2. The zero-order chi connectivity index (χ0) is 9.80. The van der Waals surface area contributed by atoms with Crippen molar-refractivity contribution >= 4 is 11.6 Å². The van der Waals surface area contributed by atoms with Gasteiger partial charge in [-0.1, -0.05) is 18.2 Å². The van der Waals surface area contributed by atoms with Crippen LogP contribution in [-0.2, 0) is 9.53 Å². The van der Waals surface area contributed by atoms with Crippen LogP contribution < -0.4 is 5.32 Å². The van der Waals surface area contributed by atoms with Crippen LogP contribution in [0.1, 0.15) is 12.8 Å². The molecule has 1 fully saturated rings. The largest absolute Gasteiger partial charge is 0.368 e. The molecule has 1 aliphatic rings. The van der Waals surface area contributed by atoms with E-state index in [9.17, 15) is 4.79 Å².